The summed E-state index contributed by atoms with van der Waals surface area (Å²) >= 11 is 0.144. The van der Waals surface area contributed by atoms with Crippen LogP contribution in [0, 0.1) is 5.92 Å². The van der Waals surface area contributed by atoms with Gasteiger partial charge in [0.1, 0.15) is 0 Å². The van der Waals surface area contributed by atoms with Gasteiger partial charge in [-0.15, -0.1) is 0 Å². The van der Waals surface area contributed by atoms with Gasteiger partial charge in [-0.2, -0.15) is 0 Å². The normalized spacial score (nSPS) is 50.6. The molecule has 1 aliphatic heterocycles. The Morgan fingerprint density at radius 2 is 2.33 bits per heavy atom. The van der Waals surface area contributed by atoms with Crippen molar-refractivity contribution in [1.82, 2.24) is 0 Å². The molecule has 0 aromatic rings. The quantitative estimate of drug-likeness (QED) is 0.372. The van der Waals surface area contributed by atoms with Crippen LogP contribution >= 0.6 is 0 Å². The average molecular weight is 239 g/mol. The third-order valence-electron chi connectivity index (χ3n) is 2.40. The van der Waals surface area contributed by atoms with Crippen molar-refractivity contribution >= 4 is 0 Å². The van der Waals surface area contributed by atoms with Crippen molar-refractivity contribution in [2.75, 3.05) is 0 Å². The van der Waals surface area contributed by atoms with Crippen LogP contribution in [-0.2, 0) is 3.07 Å². The second kappa shape index (κ2) is 2.38. The zero-order valence-electron chi connectivity index (χ0n) is 5.64. The van der Waals surface area contributed by atoms with Gasteiger partial charge in [0.25, 0.3) is 0 Å². The molecule has 0 bridgehead atoms. The van der Waals surface area contributed by atoms with Crippen molar-refractivity contribution in [2.45, 2.75) is 36.2 Å². The molecule has 0 aromatic carbocycles. The third kappa shape index (κ3) is 1.00. The topological polar surface area (TPSA) is 9.23 Å². The zero-order valence-corrected chi connectivity index (χ0v) is 7.80. The molecule has 2 fully saturated rings. The molecular formula is C7H12IO-. The van der Waals surface area contributed by atoms with Crippen molar-refractivity contribution in [3.05, 3.63) is 0 Å². The van der Waals surface area contributed by atoms with Crippen LogP contribution in [0.2, 0.25) is 0 Å². The second-order valence-corrected chi connectivity index (χ2v) is 5.97. The molecule has 9 heavy (non-hydrogen) atoms. The molecule has 1 heterocycles. The summed E-state index contributed by atoms with van der Waals surface area (Å²) in [4.78, 5) is 0. The fourth-order valence-corrected chi connectivity index (χ4v) is 4.48. The third-order valence-corrected chi connectivity index (χ3v) is 5.07. The summed E-state index contributed by atoms with van der Waals surface area (Å²) < 4.78 is 6.65. The number of alkyl halides is 1. The van der Waals surface area contributed by atoms with E-state index < -0.39 is 0 Å². The Morgan fingerprint density at radius 3 is 3.11 bits per heavy atom. The van der Waals surface area contributed by atoms with Gasteiger partial charge in [0, 0.05) is 0 Å². The van der Waals surface area contributed by atoms with Gasteiger partial charge in [0.05, 0.1) is 0 Å². The van der Waals surface area contributed by atoms with Crippen molar-refractivity contribution in [3.63, 3.8) is 0 Å². The summed E-state index contributed by atoms with van der Waals surface area (Å²) in [6.07, 6.45) is 4.93. The van der Waals surface area contributed by atoms with Crippen LogP contribution in [0.5, 0.6) is 0 Å². The van der Waals surface area contributed by atoms with E-state index in [1.54, 1.807) is 0 Å². The minimum atomic E-state index is 0.144. The minimum absolute atomic E-state index is 0.144. The van der Waals surface area contributed by atoms with Gasteiger partial charge in [-0.25, -0.2) is 0 Å². The second-order valence-electron chi connectivity index (χ2n) is 2.99. The number of hydrogen-bond donors (Lipinski definition) is 0. The standard InChI is InChI=1S/C7H12IO/c1-5-6-3-2-4-7(6)9-8-5/h5-7H,2-4H2,1H3/q-1. The molecule has 1 nitrogen and oxygen atoms in total. The Hall–Kier alpha value is 0.690. The molecule has 3 unspecified atom stereocenters. The number of halogens is 1. The zero-order chi connectivity index (χ0) is 6.27. The Kier molecular flexibility index (Phi) is 1.69. The summed E-state index contributed by atoms with van der Waals surface area (Å²) in [5, 5.41) is 0. The van der Waals surface area contributed by atoms with Crippen molar-refractivity contribution < 1.29 is 24.7 Å². The molecule has 0 amide bonds. The van der Waals surface area contributed by atoms with Crippen LogP contribution in [0.3, 0.4) is 0 Å². The fourth-order valence-electron chi connectivity index (χ4n) is 1.80. The van der Waals surface area contributed by atoms with Gasteiger partial charge in [0.2, 0.25) is 0 Å². The van der Waals surface area contributed by atoms with Crippen LogP contribution in [0.25, 0.3) is 0 Å². The summed E-state index contributed by atoms with van der Waals surface area (Å²) in [5.74, 6) is 0.970. The van der Waals surface area contributed by atoms with Gasteiger partial charge >= 0.3 is 66.8 Å². The summed E-state index contributed by atoms with van der Waals surface area (Å²) in [6, 6.07) is 0. The molecular weight excluding hydrogens is 227 g/mol. The van der Waals surface area contributed by atoms with E-state index in [1.165, 1.54) is 19.3 Å². The van der Waals surface area contributed by atoms with Crippen LogP contribution < -0.4 is 21.6 Å². The number of rotatable bonds is 0. The molecule has 2 rings (SSSR count). The molecule has 0 radical (unpaired) electrons. The van der Waals surface area contributed by atoms with Crippen molar-refractivity contribution in [1.29, 1.82) is 0 Å². The first-order valence-corrected chi connectivity index (χ1v) is 5.80. The molecule has 3 atom stereocenters. The molecule has 0 spiro atoms. The molecule has 1 saturated heterocycles. The Labute approximate surface area is 67.0 Å². The number of hydrogen-bond acceptors (Lipinski definition) is 1. The molecule has 0 N–H and O–H groups in total. The van der Waals surface area contributed by atoms with E-state index in [9.17, 15) is 0 Å². The van der Waals surface area contributed by atoms with Crippen LogP contribution in [0.1, 0.15) is 26.2 Å². The average Bonchev–Trinajstić information content (AvgIpc) is 2.35. The molecule has 54 valence electrons. The van der Waals surface area contributed by atoms with Gasteiger partial charge in [-0.3, -0.25) is 0 Å². The Bertz CT molecular complexity index is 115. The van der Waals surface area contributed by atoms with E-state index in [0.717, 1.165) is 9.84 Å². The first-order chi connectivity index (χ1) is 4.38. The fraction of sp³-hybridized carbons (Fsp3) is 1.00. The molecule has 1 aliphatic carbocycles. The van der Waals surface area contributed by atoms with Crippen molar-refractivity contribution in [2.24, 2.45) is 5.92 Å². The maximum absolute atomic E-state index is 5.70. The van der Waals surface area contributed by atoms with Gasteiger partial charge in [-0.05, 0) is 0 Å². The van der Waals surface area contributed by atoms with E-state index >= 15 is 0 Å². The van der Waals surface area contributed by atoms with E-state index in [0.29, 0.717) is 6.10 Å². The predicted molar refractivity (Wildman–Crippen MR) is 31.7 cm³/mol. The van der Waals surface area contributed by atoms with Crippen LogP contribution in [0.4, 0.5) is 0 Å². The van der Waals surface area contributed by atoms with Crippen molar-refractivity contribution in [3.8, 4) is 0 Å². The summed E-state index contributed by atoms with van der Waals surface area (Å²) in [6.45, 7) is 2.36. The van der Waals surface area contributed by atoms with E-state index in [2.05, 4.69) is 6.92 Å². The van der Waals surface area contributed by atoms with Gasteiger partial charge in [-0.1, -0.05) is 0 Å². The van der Waals surface area contributed by atoms with Gasteiger partial charge < -0.3 is 0 Å². The Balaban J connectivity index is 2.07. The monoisotopic (exact) mass is 239 g/mol. The number of fused-ring (bicyclic) bond motifs is 1. The van der Waals surface area contributed by atoms with E-state index in [4.69, 9.17) is 3.07 Å². The maximum atomic E-state index is 5.70. The molecule has 2 heteroatoms. The van der Waals surface area contributed by atoms with Gasteiger partial charge in [0.15, 0.2) is 0 Å². The molecule has 2 aliphatic rings. The Morgan fingerprint density at radius 1 is 1.44 bits per heavy atom. The van der Waals surface area contributed by atoms with E-state index in [-0.39, 0.29) is 21.6 Å². The first kappa shape index (κ1) is 6.40. The summed E-state index contributed by atoms with van der Waals surface area (Å²) in [5.41, 5.74) is 0. The molecule has 1 saturated carbocycles. The predicted octanol–water partition coefficient (Wildman–Crippen LogP) is -1.42. The van der Waals surface area contributed by atoms with E-state index in [1.807, 2.05) is 0 Å². The van der Waals surface area contributed by atoms with Crippen LogP contribution in [0.15, 0.2) is 0 Å². The SMILES string of the molecule is CC1[I-]OC2CCCC21. The van der Waals surface area contributed by atoms with Crippen LogP contribution in [-0.4, -0.2) is 10.0 Å². The molecule has 0 aromatic heterocycles. The first-order valence-electron chi connectivity index (χ1n) is 3.67. The summed E-state index contributed by atoms with van der Waals surface area (Å²) in [7, 11) is 0.